The topological polar surface area (TPSA) is 133 Å². The van der Waals surface area contributed by atoms with E-state index in [-0.39, 0.29) is 95.1 Å². The number of nitrogens with zero attached hydrogens (tertiary/aromatic N) is 2. The van der Waals surface area contributed by atoms with Gasteiger partial charge in [-0.1, -0.05) is 0 Å². The maximum absolute atomic E-state index is 12.3. The van der Waals surface area contributed by atoms with Gasteiger partial charge in [-0.3, -0.25) is 38.6 Å². The average molecular weight is 582 g/mol. The Hall–Kier alpha value is -1.82. The van der Waals surface area contributed by atoms with Crippen molar-refractivity contribution < 1.29 is 28.8 Å². The quantitative estimate of drug-likeness (QED) is 0.289. The number of hydrogen-bond donors (Lipinski definition) is 2. The maximum atomic E-state index is 12.3. The Kier molecular flexibility index (Phi) is 11.5. The number of carbonyl (C=O) groups excluding carboxylic acids is 6. The second-order valence-electron chi connectivity index (χ2n) is 7.99. The number of piperazine rings is 1. The Balaban J connectivity index is 0.00000256. The molecule has 2 unspecified atom stereocenters. The predicted octanol–water partition coefficient (Wildman–Crippen LogP) is 0.764. The summed E-state index contributed by atoms with van der Waals surface area (Å²) in [5.41, 5.74) is 0. The number of rotatable bonds is 10. The number of halogens is 2. The minimum Gasteiger partial charge on any atom is -0.343 e. The van der Waals surface area contributed by atoms with E-state index in [1.54, 1.807) is 0 Å². The van der Waals surface area contributed by atoms with E-state index in [2.05, 4.69) is 10.6 Å². The average Bonchev–Trinajstić information content (AvgIpc) is 3.20. The SMILES string of the molecule is Br.Br.O=C1NC(CCCCN2C(=O)CCC2=O)C(=O)NC1CCCCN1C(=O)CCC1=O. The van der Waals surface area contributed by atoms with Crippen molar-refractivity contribution in [3.63, 3.8) is 0 Å². The van der Waals surface area contributed by atoms with E-state index in [1.165, 1.54) is 9.80 Å². The maximum Gasteiger partial charge on any atom is 0.243 e. The van der Waals surface area contributed by atoms with Gasteiger partial charge >= 0.3 is 0 Å². The predicted molar refractivity (Wildman–Crippen MR) is 124 cm³/mol. The largest absolute Gasteiger partial charge is 0.343 e. The summed E-state index contributed by atoms with van der Waals surface area (Å²) in [6, 6.07) is -1.22. The molecular weight excluding hydrogens is 552 g/mol. The zero-order valence-electron chi connectivity index (χ0n) is 17.8. The molecule has 6 amide bonds. The molecule has 12 heteroatoms. The Morgan fingerprint density at radius 3 is 1.19 bits per heavy atom. The lowest BCUT2D eigenvalue weighted by atomic mass is 10.0. The van der Waals surface area contributed by atoms with Crippen LogP contribution in [0, 0.1) is 0 Å². The fraction of sp³-hybridized carbons (Fsp3) is 0.700. The molecule has 0 aromatic heterocycles. The number of hydrogen-bond acceptors (Lipinski definition) is 6. The van der Waals surface area contributed by atoms with Crippen molar-refractivity contribution in [2.75, 3.05) is 13.1 Å². The summed E-state index contributed by atoms with van der Waals surface area (Å²) >= 11 is 0. The van der Waals surface area contributed by atoms with Gasteiger partial charge in [-0.25, -0.2) is 0 Å². The molecule has 3 aliphatic rings. The molecule has 0 aromatic carbocycles. The van der Waals surface area contributed by atoms with Gasteiger partial charge in [0.15, 0.2) is 0 Å². The highest BCUT2D eigenvalue weighted by atomic mass is 79.9. The van der Waals surface area contributed by atoms with Gasteiger partial charge in [0, 0.05) is 38.8 Å². The van der Waals surface area contributed by atoms with Crippen LogP contribution in [0.5, 0.6) is 0 Å². The lowest BCUT2D eigenvalue weighted by Gasteiger charge is -2.30. The number of unbranched alkanes of at least 4 members (excludes halogenated alkanes) is 2. The van der Waals surface area contributed by atoms with Gasteiger partial charge in [0.05, 0.1) is 0 Å². The van der Waals surface area contributed by atoms with Gasteiger partial charge in [-0.2, -0.15) is 0 Å². The minimum atomic E-state index is -0.612. The zero-order chi connectivity index (χ0) is 21.7. The normalized spacial score (nSPS) is 23.1. The molecule has 0 aliphatic carbocycles. The van der Waals surface area contributed by atoms with Crippen LogP contribution in [0.1, 0.15) is 64.2 Å². The first-order valence-electron chi connectivity index (χ1n) is 10.6. The number of carbonyl (C=O) groups is 6. The molecule has 0 spiro atoms. The van der Waals surface area contributed by atoms with E-state index in [0.29, 0.717) is 51.6 Å². The highest BCUT2D eigenvalue weighted by molar-refractivity contribution is 8.93. The first-order valence-corrected chi connectivity index (χ1v) is 10.6. The summed E-state index contributed by atoms with van der Waals surface area (Å²) in [5.74, 6) is -1.07. The van der Waals surface area contributed by atoms with Crippen LogP contribution in [0.3, 0.4) is 0 Å². The molecule has 3 rings (SSSR count). The van der Waals surface area contributed by atoms with E-state index in [0.717, 1.165) is 0 Å². The molecule has 180 valence electrons. The summed E-state index contributed by atoms with van der Waals surface area (Å²) in [6.45, 7) is 0.704. The third kappa shape index (κ3) is 7.09. The Morgan fingerprint density at radius 2 is 0.875 bits per heavy atom. The fourth-order valence-electron chi connectivity index (χ4n) is 4.06. The third-order valence-corrected chi connectivity index (χ3v) is 5.82. The minimum absolute atomic E-state index is 0. The fourth-order valence-corrected chi connectivity index (χ4v) is 4.06. The summed E-state index contributed by atoms with van der Waals surface area (Å²) < 4.78 is 0. The van der Waals surface area contributed by atoms with Crippen LogP contribution in [-0.2, 0) is 28.8 Å². The van der Waals surface area contributed by atoms with Gasteiger partial charge in [0.25, 0.3) is 0 Å². The molecule has 0 aromatic rings. The third-order valence-electron chi connectivity index (χ3n) is 5.82. The summed E-state index contributed by atoms with van der Waals surface area (Å²) in [4.78, 5) is 73.4. The second-order valence-corrected chi connectivity index (χ2v) is 7.99. The molecule has 3 saturated heterocycles. The molecule has 3 heterocycles. The summed E-state index contributed by atoms with van der Waals surface area (Å²) in [6.07, 6.45) is 4.37. The van der Waals surface area contributed by atoms with Gasteiger partial charge in [0.2, 0.25) is 35.4 Å². The number of amides is 6. The number of likely N-dealkylation sites (tertiary alicyclic amines) is 2. The molecule has 2 N–H and O–H groups in total. The Labute approximate surface area is 207 Å². The van der Waals surface area contributed by atoms with Crippen molar-refractivity contribution in [1.82, 2.24) is 20.4 Å². The highest BCUT2D eigenvalue weighted by Crippen LogP contribution is 2.16. The van der Waals surface area contributed by atoms with Gasteiger partial charge in [-0.15, -0.1) is 34.0 Å². The zero-order valence-corrected chi connectivity index (χ0v) is 21.2. The first kappa shape index (κ1) is 28.2. The van der Waals surface area contributed by atoms with E-state index < -0.39 is 12.1 Å². The molecular formula is C20H30Br2N4O6. The van der Waals surface area contributed by atoms with Crippen LogP contribution in [0.4, 0.5) is 0 Å². The highest BCUT2D eigenvalue weighted by Gasteiger charge is 2.34. The van der Waals surface area contributed by atoms with Crippen LogP contribution >= 0.6 is 34.0 Å². The monoisotopic (exact) mass is 580 g/mol. The standard InChI is InChI=1S/C20H28N4O6.2BrH/c25-15-7-8-16(26)23(15)11-3-1-5-13-19(29)22-14(20(30)21-13)6-2-4-12-24-17(27)9-10-18(24)28;;/h13-14H,1-12H2,(H,21,30)(H,22,29);2*1H. The van der Waals surface area contributed by atoms with E-state index in [1.807, 2.05) is 0 Å². The molecule has 3 aliphatic heterocycles. The molecule has 0 radical (unpaired) electrons. The molecule has 2 atom stereocenters. The molecule has 0 saturated carbocycles. The van der Waals surface area contributed by atoms with E-state index in [4.69, 9.17) is 0 Å². The molecule has 3 fully saturated rings. The molecule has 10 nitrogen and oxygen atoms in total. The van der Waals surface area contributed by atoms with Crippen molar-refractivity contribution in [3.8, 4) is 0 Å². The van der Waals surface area contributed by atoms with Crippen molar-refractivity contribution in [3.05, 3.63) is 0 Å². The molecule has 32 heavy (non-hydrogen) atoms. The van der Waals surface area contributed by atoms with Gasteiger partial charge in [-0.05, 0) is 38.5 Å². The number of imide groups is 2. The first-order chi connectivity index (χ1) is 14.4. The van der Waals surface area contributed by atoms with Crippen LogP contribution in [0.15, 0.2) is 0 Å². The lowest BCUT2D eigenvalue weighted by molar-refractivity contribution is -0.140. The smallest absolute Gasteiger partial charge is 0.243 e. The van der Waals surface area contributed by atoms with Gasteiger partial charge in [0.1, 0.15) is 12.1 Å². The van der Waals surface area contributed by atoms with Crippen LogP contribution < -0.4 is 10.6 Å². The van der Waals surface area contributed by atoms with Crippen molar-refractivity contribution >= 4 is 69.4 Å². The van der Waals surface area contributed by atoms with Crippen molar-refractivity contribution in [2.45, 2.75) is 76.3 Å². The second kappa shape index (κ2) is 13.0. The van der Waals surface area contributed by atoms with E-state index >= 15 is 0 Å². The Bertz CT molecular complexity index is 668. The van der Waals surface area contributed by atoms with Crippen molar-refractivity contribution in [2.24, 2.45) is 0 Å². The van der Waals surface area contributed by atoms with Crippen molar-refractivity contribution in [1.29, 1.82) is 0 Å². The summed E-state index contributed by atoms with van der Waals surface area (Å²) in [7, 11) is 0. The Morgan fingerprint density at radius 1 is 0.562 bits per heavy atom. The van der Waals surface area contributed by atoms with Gasteiger partial charge < -0.3 is 10.6 Å². The van der Waals surface area contributed by atoms with E-state index in [9.17, 15) is 28.8 Å². The molecule has 0 bridgehead atoms. The van der Waals surface area contributed by atoms with Crippen LogP contribution in [0.25, 0.3) is 0 Å². The summed E-state index contributed by atoms with van der Waals surface area (Å²) in [5, 5.41) is 5.48. The number of nitrogens with one attached hydrogen (secondary N) is 2. The lowest BCUT2D eigenvalue weighted by Crippen LogP contribution is -2.61. The van der Waals surface area contributed by atoms with Crippen LogP contribution in [0.2, 0.25) is 0 Å². The van der Waals surface area contributed by atoms with Crippen LogP contribution in [-0.4, -0.2) is 70.4 Å².